The Hall–Kier alpha value is -0.340. The third-order valence-electron chi connectivity index (χ3n) is 3.48. The quantitative estimate of drug-likeness (QED) is 0.692. The molecule has 1 aliphatic rings. The van der Waals surface area contributed by atoms with Gasteiger partial charge in [-0.3, -0.25) is 4.90 Å². The molecule has 0 spiro atoms. The second kappa shape index (κ2) is 4.94. The first-order valence-electron chi connectivity index (χ1n) is 5.67. The Morgan fingerprint density at radius 3 is 2.29 bits per heavy atom. The van der Waals surface area contributed by atoms with Crippen molar-refractivity contribution in [3.05, 3.63) is 12.7 Å². The minimum Gasteiger partial charge on any atom is -0.312 e. The van der Waals surface area contributed by atoms with E-state index in [1.807, 2.05) is 13.1 Å². The van der Waals surface area contributed by atoms with E-state index in [1.54, 1.807) is 0 Å². The molecule has 1 saturated heterocycles. The van der Waals surface area contributed by atoms with Gasteiger partial charge in [-0.05, 0) is 46.8 Å². The number of piperidine rings is 1. The van der Waals surface area contributed by atoms with Crippen LogP contribution < -0.4 is 5.32 Å². The van der Waals surface area contributed by atoms with E-state index >= 15 is 0 Å². The molecular formula is C12H24N2. The van der Waals surface area contributed by atoms with Crippen LogP contribution in [0.2, 0.25) is 0 Å². The van der Waals surface area contributed by atoms with Crippen LogP contribution in [0.5, 0.6) is 0 Å². The zero-order chi connectivity index (χ0) is 10.6. The van der Waals surface area contributed by atoms with Gasteiger partial charge in [-0.1, -0.05) is 12.5 Å². The summed E-state index contributed by atoms with van der Waals surface area (Å²) in [5.74, 6) is 0. The zero-order valence-corrected chi connectivity index (χ0v) is 9.84. The van der Waals surface area contributed by atoms with Gasteiger partial charge < -0.3 is 5.32 Å². The van der Waals surface area contributed by atoms with Gasteiger partial charge in [0.1, 0.15) is 0 Å². The van der Waals surface area contributed by atoms with Gasteiger partial charge in [0.25, 0.3) is 0 Å². The molecule has 1 fully saturated rings. The molecule has 1 heterocycles. The van der Waals surface area contributed by atoms with E-state index < -0.39 is 0 Å². The number of rotatable bonds is 4. The number of nitrogens with zero attached hydrogens (tertiary/aromatic N) is 1. The molecule has 1 atom stereocenters. The first kappa shape index (κ1) is 11.7. The largest absolute Gasteiger partial charge is 0.312 e. The van der Waals surface area contributed by atoms with Crippen LogP contribution in [0.1, 0.15) is 33.1 Å². The molecule has 0 saturated carbocycles. The third-order valence-corrected chi connectivity index (χ3v) is 3.48. The van der Waals surface area contributed by atoms with Gasteiger partial charge in [0, 0.05) is 11.6 Å². The number of hydrogen-bond donors (Lipinski definition) is 1. The molecule has 1 unspecified atom stereocenters. The normalized spacial score (nSPS) is 21.9. The monoisotopic (exact) mass is 196 g/mol. The van der Waals surface area contributed by atoms with Crippen LogP contribution >= 0.6 is 0 Å². The molecule has 0 radical (unpaired) electrons. The lowest BCUT2D eigenvalue weighted by molar-refractivity contribution is 0.0771. The van der Waals surface area contributed by atoms with Gasteiger partial charge in [0.15, 0.2) is 0 Å². The highest BCUT2D eigenvalue weighted by Crippen LogP contribution is 2.24. The van der Waals surface area contributed by atoms with E-state index in [4.69, 9.17) is 0 Å². The minimum atomic E-state index is 0.191. The maximum atomic E-state index is 3.90. The van der Waals surface area contributed by atoms with Crippen LogP contribution in [0.15, 0.2) is 12.7 Å². The maximum absolute atomic E-state index is 3.90. The summed E-state index contributed by atoms with van der Waals surface area (Å²) in [6.45, 7) is 11.0. The minimum absolute atomic E-state index is 0.191. The number of nitrogens with one attached hydrogen (secondary N) is 1. The standard InChI is InChI=1S/C12H24N2/c1-5-11(13-4)12(2,3)14-9-7-6-8-10-14/h5,11,13H,1,6-10H2,2-4H3. The van der Waals surface area contributed by atoms with Gasteiger partial charge in [0.05, 0.1) is 0 Å². The molecule has 0 aromatic heterocycles. The predicted molar refractivity (Wildman–Crippen MR) is 62.5 cm³/mol. The van der Waals surface area contributed by atoms with E-state index in [9.17, 15) is 0 Å². The van der Waals surface area contributed by atoms with Crippen molar-refractivity contribution in [3.63, 3.8) is 0 Å². The molecule has 0 bridgehead atoms. The van der Waals surface area contributed by atoms with Crippen LogP contribution in [0.25, 0.3) is 0 Å². The van der Waals surface area contributed by atoms with Crippen molar-refractivity contribution in [2.75, 3.05) is 20.1 Å². The highest BCUT2D eigenvalue weighted by atomic mass is 15.2. The molecule has 0 amide bonds. The van der Waals surface area contributed by atoms with Crippen LogP contribution in [0.4, 0.5) is 0 Å². The lowest BCUT2D eigenvalue weighted by atomic mass is 9.90. The molecule has 1 aliphatic heterocycles. The summed E-state index contributed by atoms with van der Waals surface area (Å²) >= 11 is 0. The fourth-order valence-corrected chi connectivity index (χ4v) is 2.43. The summed E-state index contributed by atoms with van der Waals surface area (Å²) in [5, 5.41) is 3.33. The van der Waals surface area contributed by atoms with E-state index in [0.29, 0.717) is 6.04 Å². The Balaban J connectivity index is 2.65. The van der Waals surface area contributed by atoms with Gasteiger partial charge in [-0.25, -0.2) is 0 Å². The lowest BCUT2D eigenvalue weighted by Crippen LogP contribution is -2.57. The van der Waals surface area contributed by atoms with Crippen LogP contribution in [0.3, 0.4) is 0 Å². The molecule has 1 rings (SSSR count). The summed E-state index contributed by atoms with van der Waals surface area (Å²) in [4.78, 5) is 2.58. The molecule has 14 heavy (non-hydrogen) atoms. The summed E-state index contributed by atoms with van der Waals surface area (Å²) in [7, 11) is 2.01. The van der Waals surface area contributed by atoms with Gasteiger partial charge in [-0.15, -0.1) is 6.58 Å². The molecular weight excluding hydrogens is 172 g/mol. The number of likely N-dealkylation sites (tertiary alicyclic amines) is 1. The van der Waals surface area contributed by atoms with E-state index in [2.05, 4.69) is 30.6 Å². The second-order valence-corrected chi connectivity index (χ2v) is 4.70. The van der Waals surface area contributed by atoms with E-state index in [0.717, 1.165) is 0 Å². The van der Waals surface area contributed by atoms with Crippen molar-refractivity contribution >= 4 is 0 Å². The molecule has 0 aromatic rings. The van der Waals surface area contributed by atoms with Crippen molar-refractivity contribution in [3.8, 4) is 0 Å². The summed E-state index contributed by atoms with van der Waals surface area (Å²) < 4.78 is 0. The first-order chi connectivity index (χ1) is 6.62. The maximum Gasteiger partial charge on any atom is 0.0426 e. The molecule has 2 heteroatoms. The van der Waals surface area contributed by atoms with E-state index in [1.165, 1.54) is 32.4 Å². The zero-order valence-electron chi connectivity index (χ0n) is 9.84. The van der Waals surface area contributed by atoms with E-state index in [-0.39, 0.29) is 5.54 Å². The van der Waals surface area contributed by atoms with Gasteiger partial charge in [-0.2, -0.15) is 0 Å². The average molecular weight is 196 g/mol. The Morgan fingerprint density at radius 1 is 1.29 bits per heavy atom. The summed E-state index contributed by atoms with van der Waals surface area (Å²) in [5.41, 5.74) is 0.191. The van der Waals surface area contributed by atoms with Gasteiger partial charge >= 0.3 is 0 Å². The lowest BCUT2D eigenvalue weighted by Gasteiger charge is -2.45. The van der Waals surface area contributed by atoms with Crippen molar-refractivity contribution in [2.24, 2.45) is 0 Å². The highest BCUT2D eigenvalue weighted by molar-refractivity contribution is 5.02. The molecule has 0 aromatic carbocycles. The summed E-state index contributed by atoms with van der Waals surface area (Å²) in [6, 6.07) is 0.376. The summed E-state index contributed by atoms with van der Waals surface area (Å²) in [6.07, 6.45) is 6.10. The van der Waals surface area contributed by atoms with Crippen LogP contribution in [-0.4, -0.2) is 36.6 Å². The van der Waals surface area contributed by atoms with Gasteiger partial charge in [0.2, 0.25) is 0 Å². The smallest absolute Gasteiger partial charge is 0.0426 e. The Kier molecular flexibility index (Phi) is 4.14. The SMILES string of the molecule is C=CC(NC)C(C)(C)N1CCCCC1. The fourth-order valence-electron chi connectivity index (χ4n) is 2.43. The Morgan fingerprint density at radius 2 is 1.86 bits per heavy atom. The predicted octanol–water partition coefficient (Wildman–Crippen LogP) is 2.02. The van der Waals surface area contributed by atoms with Crippen molar-refractivity contribution in [1.29, 1.82) is 0 Å². The van der Waals surface area contributed by atoms with Crippen molar-refractivity contribution in [2.45, 2.75) is 44.7 Å². The van der Waals surface area contributed by atoms with Crippen LogP contribution in [0, 0.1) is 0 Å². The van der Waals surface area contributed by atoms with Crippen molar-refractivity contribution in [1.82, 2.24) is 10.2 Å². The topological polar surface area (TPSA) is 15.3 Å². The molecule has 0 aliphatic carbocycles. The molecule has 82 valence electrons. The average Bonchev–Trinajstić information content (AvgIpc) is 2.20. The van der Waals surface area contributed by atoms with Crippen LogP contribution in [-0.2, 0) is 0 Å². The molecule has 2 nitrogen and oxygen atoms in total. The Bertz CT molecular complexity index is 181. The Labute approximate surface area is 88.4 Å². The molecule has 1 N–H and O–H groups in total. The number of hydrogen-bond acceptors (Lipinski definition) is 2. The fraction of sp³-hybridized carbons (Fsp3) is 0.833. The third kappa shape index (κ3) is 2.37. The highest BCUT2D eigenvalue weighted by Gasteiger charge is 2.33. The second-order valence-electron chi connectivity index (χ2n) is 4.70. The number of likely N-dealkylation sites (N-methyl/N-ethyl adjacent to an activating group) is 1. The first-order valence-corrected chi connectivity index (χ1v) is 5.67. The van der Waals surface area contributed by atoms with Crippen molar-refractivity contribution < 1.29 is 0 Å².